The Hall–Kier alpha value is -1.85. The summed E-state index contributed by atoms with van der Waals surface area (Å²) in [6.45, 7) is 11.8. The van der Waals surface area contributed by atoms with Crippen molar-refractivity contribution in [3.63, 3.8) is 0 Å². The lowest BCUT2D eigenvalue weighted by molar-refractivity contribution is 0.000373. The zero-order valence-corrected chi connectivity index (χ0v) is 13.5. The van der Waals surface area contributed by atoms with Gasteiger partial charge in [0.2, 0.25) is 0 Å². The molecule has 0 aromatic carbocycles. The molecule has 0 atom stereocenters. The number of hydrogen-bond donors (Lipinski definition) is 0. The van der Waals surface area contributed by atoms with Crippen LogP contribution in [-0.4, -0.2) is 51.7 Å². The van der Waals surface area contributed by atoms with E-state index >= 15 is 0 Å². The smallest absolute Gasteiger partial charge is 0.410 e. The number of piperazine rings is 1. The molecule has 1 aliphatic heterocycles. The fraction of sp³-hybridized carbons (Fsp3) is 0.667. The predicted molar refractivity (Wildman–Crippen MR) is 81.3 cm³/mol. The fourth-order valence-electron chi connectivity index (χ4n) is 2.49. The van der Waals surface area contributed by atoms with Crippen molar-refractivity contribution in [2.75, 3.05) is 24.5 Å². The molecule has 0 bridgehead atoms. The summed E-state index contributed by atoms with van der Waals surface area (Å²) >= 11 is 0. The van der Waals surface area contributed by atoms with Crippen molar-refractivity contribution in [3.05, 3.63) is 18.7 Å². The summed E-state index contributed by atoms with van der Waals surface area (Å²) < 4.78 is 5.50. The van der Waals surface area contributed by atoms with Crippen LogP contribution in [-0.2, 0) is 4.74 Å². The Labute approximate surface area is 126 Å². The molecule has 0 unspecified atom stereocenters. The van der Waals surface area contributed by atoms with Gasteiger partial charge >= 0.3 is 6.09 Å². The van der Waals surface area contributed by atoms with Crippen LogP contribution < -0.4 is 4.90 Å². The highest BCUT2D eigenvalue weighted by Crippen LogP contribution is 2.26. The van der Waals surface area contributed by atoms with Crippen LogP contribution in [0.15, 0.2) is 18.7 Å². The first-order chi connectivity index (χ1) is 9.69. The molecule has 0 spiro atoms. The normalized spacial score (nSPS) is 18.5. The van der Waals surface area contributed by atoms with E-state index in [2.05, 4.69) is 14.9 Å². The Morgan fingerprint density at radius 1 is 1.24 bits per heavy atom. The number of hydrogen-bond acceptors (Lipinski definition) is 5. The molecule has 1 aromatic rings. The Morgan fingerprint density at radius 3 is 2.38 bits per heavy atom. The molecule has 1 fully saturated rings. The summed E-state index contributed by atoms with van der Waals surface area (Å²) in [6, 6.07) is 0. The fourth-order valence-corrected chi connectivity index (χ4v) is 2.49. The van der Waals surface area contributed by atoms with Crippen molar-refractivity contribution < 1.29 is 9.53 Å². The molecule has 0 radical (unpaired) electrons. The monoisotopic (exact) mass is 292 g/mol. The average Bonchev–Trinajstić information content (AvgIpc) is 2.36. The molecule has 0 saturated carbocycles. The lowest BCUT2D eigenvalue weighted by Crippen LogP contribution is -2.61. The summed E-state index contributed by atoms with van der Waals surface area (Å²) in [4.78, 5) is 24.4. The average molecular weight is 292 g/mol. The minimum absolute atomic E-state index is 0.253. The zero-order valence-electron chi connectivity index (χ0n) is 13.5. The summed E-state index contributed by atoms with van der Waals surface area (Å²) in [5, 5.41) is 0. The van der Waals surface area contributed by atoms with Crippen LogP contribution in [0, 0.1) is 0 Å². The zero-order chi connectivity index (χ0) is 15.7. The van der Waals surface area contributed by atoms with Gasteiger partial charge in [-0.15, -0.1) is 0 Å². The molecule has 0 aliphatic carbocycles. The molecule has 21 heavy (non-hydrogen) atoms. The van der Waals surface area contributed by atoms with E-state index in [1.807, 2.05) is 34.6 Å². The third-order valence-corrected chi connectivity index (χ3v) is 3.43. The second-order valence-corrected chi connectivity index (χ2v) is 6.96. The van der Waals surface area contributed by atoms with Gasteiger partial charge in [0.25, 0.3) is 0 Å². The molecule has 2 heterocycles. The van der Waals surface area contributed by atoms with Crippen LogP contribution in [0.5, 0.6) is 0 Å². The topological polar surface area (TPSA) is 58.6 Å². The van der Waals surface area contributed by atoms with E-state index in [0.29, 0.717) is 6.54 Å². The lowest BCUT2D eigenvalue weighted by atomic mass is 9.99. The molecule has 1 amide bonds. The predicted octanol–water partition coefficient (Wildman–Crippen LogP) is 2.31. The number of carbonyl (C=O) groups excluding carboxylic acids is 1. The summed E-state index contributed by atoms with van der Waals surface area (Å²) in [7, 11) is 0. The van der Waals surface area contributed by atoms with E-state index in [1.165, 1.54) is 6.33 Å². The highest BCUT2D eigenvalue weighted by atomic mass is 16.6. The van der Waals surface area contributed by atoms with E-state index in [4.69, 9.17) is 4.74 Å². The first-order valence-electron chi connectivity index (χ1n) is 7.20. The maximum atomic E-state index is 12.3. The van der Waals surface area contributed by atoms with Gasteiger partial charge in [0.1, 0.15) is 11.9 Å². The molecule has 6 heteroatoms. The lowest BCUT2D eigenvalue weighted by Gasteiger charge is -2.47. The van der Waals surface area contributed by atoms with Crippen molar-refractivity contribution in [3.8, 4) is 0 Å². The van der Waals surface area contributed by atoms with Crippen LogP contribution in [0.25, 0.3) is 0 Å². The van der Waals surface area contributed by atoms with Gasteiger partial charge in [-0.3, -0.25) is 4.90 Å². The number of nitrogens with zero attached hydrogens (tertiary/aromatic N) is 4. The highest BCUT2D eigenvalue weighted by Gasteiger charge is 2.39. The molecule has 2 rings (SSSR count). The second kappa shape index (κ2) is 5.50. The molecule has 1 aliphatic rings. The van der Waals surface area contributed by atoms with E-state index in [9.17, 15) is 4.79 Å². The number of aromatic nitrogens is 2. The van der Waals surface area contributed by atoms with Crippen LogP contribution in [0.3, 0.4) is 0 Å². The Balaban J connectivity index is 2.08. The molecule has 116 valence electrons. The molecular formula is C15H24N4O2. The summed E-state index contributed by atoms with van der Waals surface area (Å²) in [5.74, 6) is 0. The Bertz CT molecular complexity index is 496. The van der Waals surface area contributed by atoms with Gasteiger partial charge in [-0.05, 0) is 34.6 Å². The third kappa shape index (κ3) is 3.83. The molecule has 1 aromatic heterocycles. The van der Waals surface area contributed by atoms with Gasteiger partial charge in [-0.2, -0.15) is 0 Å². The van der Waals surface area contributed by atoms with E-state index in [1.54, 1.807) is 17.3 Å². The van der Waals surface area contributed by atoms with Gasteiger partial charge in [-0.25, -0.2) is 14.8 Å². The van der Waals surface area contributed by atoms with Crippen LogP contribution in [0.4, 0.5) is 10.5 Å². The number of rotatable bonds is 1. The molecular weight excluding hydrogens is 268 g/mol. The van der Waals surface area contributed by atoms with Crippen molar-refractivity contribution in [2.24, 2.45) is 0 Å². The number of carbonyl (C=O) groups is 1. The standard InChI is InChI=1S/C15H24N4O2/c1-14(2,3)21-13(20)19-7-6-18(10-15(19,4)5)12-8-16-11-17-9-12/h8-9,11H,6-7,10H2,1-5H3. The van der Waals surface area contributed by atoms with Gasteiger partial charge in [-0.1, -0.05) is 0 Å². The number of amides is 1. The van der Waals surface area contributed by atoms with E-state index < -0.39 is 5.60 Å². The van der Waals surface area contributed by atoms with E-state index in [0.717, 1.165) is 18.8 Å². The van der Waals surface area contributed by atoms with E-state index in [-0.39, 0.29) is 11.6 Å². The SMILES string of the molecule is CC(C)(C)OC(=O)N1CCN(c2cncnc2)CC1(C)C. The Kier molecular flexibility index (Phi) is 4.07. The van der Waals surface area contributed by atoms with Crippen molar-refractivity contribution in [1.82, 2.24) is 14.9 Å². The first-order valence-corrected chi connectivity index (χ1v) is 7.20. The van der Waals surface area contributed by atoms with Crippen molar-refractivity contribution in [1.29, 1.82) is 0 Å². The van der Waals surface area contributed by atoms with Crippen molar-refractivity contribution >= 4 is 11.8 Å². The molecule has 0 N–H and O–H groups in total. The quantitative estimate of drug-likeness (QED) is 0.795. The molecule has 6 nitrogen and oxygen atoms in total. The largest absolute Gasteiger partial charge is 0.444 e. The minimum Gasteiger partial charge on any atom is -0.444 e. The van der Waals surface area contributed by atoms with Gasteiger partial charge in [0, 0.05) is 19.6 Å². The van der Waals surface area contributed by atoms with Crippen LogP contribution >= 0.6 is 0 Å². The molecule has 1 saturated heterocycles. The maximum Gasteiger partial charge on any atom is 0.410 e. The number of anilines is 1. The van der Waals surface area contributed by atoms with Gasteiger partial charge in [0.05, 0.1) is 23.6 Å². The third-order valence-electron chi connectivity index (χ3n) is 3.43. The minimum atomic E-state index is -0.475. The summed E-state index contributed by atoms with van der Waals surface area (Å²) in [5.41, 5.74) is 0.197. The number of ether oxygens (including phenoxy) is 1. The first kappa shape index (κ1) is 15.5. The Morgan fingerprint density at radius 2 is 1.86 bits per heavy atom. The van der Waals surface area contributed by atoms with Gasteiger partial charge in [0.15, 0.2) is 0 Å². The second-order valence-electron chi connectivity index (χ2n) is 6.96. The summed E-state index contributed by atoms with van der Waals surface area (Å²) in [6.07, 6.45) is 4.86. The van der Waals surface area contributed by atoms with Crippen LogP contribution in [0.2, 0.25) is 0 Å². The van der Waals surface area contributed by atoms with Gasteiger partial charge < -0.3 is 9.64 Å². The van der Waals surface area contributed by atoms with Crippen molar-refractivity contribution in [2.45, 2.75) is 45.8 Å². The highest BCUT2D eigenvalue weighted by molar-refractivity contribution is 5.70. The van der Waals surface area contributed by atoms with Crippen LogP contribution in [0.1, 0.15) is 34.6 Å². The maximum absolute atomic E-state index is 12.3.